The van der Waals surface area contributed by atoms with Crippen molar-refractivity contribution < 1.29 is 22.7 Å². The summed E-state index contributed by atoms with van der Waals surface area (Å²) in [4.78, 5) is 13.4. The van der Waals surface area contributed by atoms with E-state index in [1.807, 2.05) is 13.8 Å². The highest BCUT2D eigenvalue weighted by Gasteiger charge is 2.62. The smallest absolute Gasteiger partial charge is 0.424 e. The van der Waals surface area contributed by atoms with E-state index in [4.69, 9.17) is 21.1 Å². The van der Waals surface area contributed by atoms with Crippen molar-refractivity contribution in [2.75, 3.05) is 0 Å². The molecule has 2 aliphatic heterocycles. The molecule has 33 heavy (non-hydrogen) atoms. The van der Waals surface area contributed by atoms with Gasteiger partial charge in [-0.15, -0.1) is 0 Å². The van der Waals surface area contributed by atoms with E-state index in [9.17, 15) is 13.2 Å². The summed E-state index contributed by atoms with van der Waals surface area (Å²) in [5.74, 6) is 0.263. The molecule has 2 heterocycles. The molecule has 0 radical (unpaired) electrons. The summed E-state index contributed by atoms with van der Waals surface area (Å²) < 4.78 is 40.1. The Balaban J connectivity index is 1.65. The first kappa shape index (κ1) is 24.0. The summed E-state index contributed by atoms with van der Waals surface area (Å²) in [6, 6.07) is 13.2. The summed E-state index contributed by atoms with van der Waals surface area (Å²) in [6.45, 7) is 7.78. The van der Waals surface area contributed by atoms with Crippen LogP contribution in [-0.4, -0.2) is 36.1 Å². The lowest BCUT2D eigenvalue weighted by Crippen LogP contribution is -2.45. The van der Waals surface area contributed by atoms with E-state index in [2.05, 4.69) is 13.8 Å². The molecular formula is C25H30ClNO5S. The van der Waals surface area contributed by atoms with E-state index < -0.39 is 27.8 Å². The molecule has 0 aliphatic carbocycles. The normalized spacial score (nSPS) is 26.5. The van der Waals surface area contributed by atoms with Crippen LogP contribution >= 0.6 is 11.6 Å². The van der Waals surface area contributed by atoms with E-state index in [-0.39, 0.29) is 23.0 Å². The quantitative estimate of drug-likeness (QED) is 0.517. The van der Waals surface area contributed by atoms with Crippen molar-refractivity contribution in [3.8, 4) is 0 Å². The second-order valence-electron chi connectivity index (χ2n) is 9.63. The molecule has 2 bridgehead atoms. The highest BCUT2D eigenvalue weighted by Crippen LogP contribution is 2.55. The molecule has 0 N–H and O–H groups in total. The summed E-state index contributed by atoms with van der Waals surface area (Å²) >= 11 is 6.29. The minimum atomic E-state index is -4.18. The van der Waals surface area contributed by atoms with Crippen LogP contribution in [0.2, 0.25) is 5.02 Å². The van der Waals surface area contributed by atoms with Gasteiger partial charge in [-0.1, -0.05) is 61.3 Å². The molecule has 3 atom stereocenters. The highest BCUT2D eigenvalue weighted by atomic mass is 35.5. The zero-order chi connectivity index (χ0) is 24.0. The second-order valence-corrected chi connectivity index (χ2v) is 11.9. The van der Waals surface area contributed by atoms with E-state index in [0.717, 1.165) is 22.7 Å². The van der Waals surface area contributed by atoms with E-state index in [0.29, 0.717) is 17.0 Å². The van der Waals surface area contributed by atoms with Crippen LogP contribution in [0.5, 0.6) is 0 Å². The van der Waals surface area contributed by atoms with Crippen LogP contribution in [0.4, 0.5) is 4.79 Å². The lowest BCUT2D eigenvalue weighted by atomic mass is 9.75. The molecule has 6 nitrogen and oxygen atoms in total. The van der Waals surface area contributed by atoms with Gasteiger partial charge < -0.3 is 9.47 Å². The predicted octanol–water partition coefficient (Wildman–Crippen LogP) is 5.71. The number of amides is 1. The number of rotatable bonds is 6. The van der Waals surface area contributed by atoms with Crippen molar-refractivity contribution in [2.45, 2.75) is 75.7 Å². The minimum absolute atomic E-state index is 0.0196. The van der Waals surface area contributed by atoms with Crippen LogP contribution in [0.15, 0.2) is 53.4 Å². The molecule has 2 saturated heterocycles. The molecule has 0 saturated carbocycles. The number of aryl methyl sites for hydroxylation is 1. The molecule has 0 spiro atoms. The van der Waals surface area contributed by atoms with Gasteiger partial charge in [0.15, 0.2) is 0 Å². The van der Waals surface area contributed by atoms with E-state index in [1.165, 1.54) is 12.1 Å². The Hall–Kier alpha value is -2.09. The molecule has 2 aromatic rings. The van der Waals surface area contributed by atoms with Crippen LogP contribution in [0, 0.1) is 12.8 Å². The maximum Gasteiger partial charge on any atom is 0.424 e. The van der Waals surface area contributed by atoms with Gasteiger partial charge in [0.1, 0.15) is 11.7 Å². The van der Waals surface area contributed by atoms with Crippen LogP contribution in [0.25, 0.3) is 0 Å². The largest absolute Gasteiger partial charge is 0.442 e. The van der Waals surface area contributed by atoms with Gasteiger partial charge in [0.05, 0.1) is 17.0 Å². The lowest BCUT2D eigenvalue weighted by Gasteiger charge is -2.32. The summed E-state index contributed by atoms with van der Waals surface area (Å²) in [5, 5.41) is 0.378. The number of nitrogens with zero attached hydrogens (tertiary/aromatic N) is 1. The summed E-state index contributed by atoms with van der Waals surface area (Å²) in [6.07, 6.45) is 0.774. The van der Waals surface area contributed by atoms with Crippen LogP contribution in [0.1, 0.15) is 51.2 Å². The van der Waals surface area contributed by atoms with Gasteiger partial charge >= 0.3 is 6.09 Å². The molecule has 4 rings (SSSR count). The van der Waals surface area contributed by atoms with E-state index in [1.54, 1.807) is 36.4 Å². The molecular weight excluding hydrogens is 462 g/mol. The van der Waals surface area contributed by atoms with Crippen LogP contribution in [-0.2, 0) is 26.0 Å². The molecule has 8 heteroatoms. The molecule has 0 unspecified atom stereocenters. The minimum Gasteiger partial charge on any atom is -0.442 e. The average Bonchev–Trinajstić information content (AvgIpc) is 3.25. The van der Waals surface area contributed by atoms with Crippen molar-refractivity contribution >= 4 is 27.7 Å². The van der Waals surface area contributed by atoms with Gasteiger partial charge in [-0.2, -0.15) is 4.31 Å². The van der Waals surface area contributed by atoms with Crippen LogP contribution < -0.4 is 0 Å². The number of halogens is 1. The number of benzene rings is 2. The fourth-order valence-corrected chi connectivity index (χ4v) is 6.26. The molecule has 2 fully saturated rings. The first-order chi connectivity index (χ1) is 15.5. The number of sulfonamides is 1. The van der Waals surface area contributed by atoms with E-state index >= 15 is 0 Å². The molecule has 2 aromatic carbocycles. The van der Waals surface area contributed by atoms with Crippen molar-refractivity contribution in [1.29, 1.82) is 0 Å². The van der Waals surface area contributed by atoms with Crippen LogP contribution in [0.3, 0.4) is 0 Å². The highest BCUT2D eigenvalue weighted by molar-refractivity contribution is 7.89. The summed E-state index contributed by atoms with van der Waals surface area (Å²) in [7, 11) is -4.18. The van der Waals surface area contributed by atoms with Crippen molar-refractivity contribution in [1.82, 2.24) is 4.31 Å². The third kappa shape index (κ3) is 4.38. The van der Waals surface area contributed by atoms with Gasteiger partial charge in [0.25, 0.3) is 10.0 Å². The third-order valence-electron chi connectivity index (χ3n) is 7.07. The standard InChI is InChI=1S/C25H30ClNO5S/c1-17(2)25-14-13-24(4,32-25)22(15-25)31-23(28)27(16-19-7-5-6-8-21(19)26)33(29,30)20-11-9-18(3)10-12-20/h5-12,17,22H,13-16H2,1-4H3/t22-,24-,25-/m1/s1. The first-order valence-corrected chi connectivity index (χ1v) is 13.0. The van der Waals surface area contributed by atoms with Gasteiger partial charge in [-0.25, -0.2) is 13.2 Å². The number of carbonyl (C=O) groups excluding carboxylic acids is 1. The maximum absolute atomic E-state index is 13.5. The number of hydrogen-bond acceptors (Lipinski definition) is 5. The average molecular weight is 492 g/mol. The Labute approximate surface area is 200 Å². The fourth-order valence-electron chi connectivity index (χ4n) is 4.78. The molecule has 178 valence electrons. The zero-order valence-electron chi connectivity index (χ0n) is 19.4. The topological polar surface area (TPSA) is 72.9 Å². The molecule has 1 amide bonds. The SMILES string of the molecule is Cc1ccc(S(=O)(=O)N(Cc2ccccc2Cl)C(=O)O[C@@H]2C[C@@]3(C(C)C)CC[C@@]2(C)O3)cc1. The van der Waals surface area contributed by atoms with Crippen molar-refractivity contribution in [3.63, 3.8) is 0 Å². The Morgan fingerprint density at radius 3 is 2.45 bits per heavy atom. The maximum atomic E-state index is 13.5. The van der Waals surface area contributed by atoms with Gasteiger partial charge in [0.2, 0.25) is 0 Å². The Kier molecular flexibility index (Phi) is 6.27. The van der Waals surface area contributed by atoms with Gasteiger partial charge in [-0.3, -0.25) is 0 Å². The Bertz CT molecular complexity index is 1150. The zero-order valence-corrected chi connectivity index (χ0v) is 20.9. The van der Waals surface area contributed by atoms with Crippen molar-refractivity contribution in [3.05, 3.63) is 64.7 Å². The molecule has 0 aromatic heterocycles. The van der Waals surface area contributed by atoms with Crippen molar-refractivity contribution in [2.24, 2.45) is 5.92 Å². The Morgan fingerprint density at radius 1 is 1.18 bits per heavy atom. The number of ether oxygens (including phenoxy) is 2. The number of carbonyl (C=O) groups is 1. The third-order valence-corrected chi connectivity index (χ3v) is 9.17. The van der Waals surface area contributed by atoms with Gasteiger partial charge in [-0.05, 0) is 56.4 Å². The lowest BCUT2D eigenvalue weighted by molar-refractivity contribution is -0.0827. The predicted molar refractivity (Wildman–Crippen MR) is 127 cm³/mol. The summed E-state index contributed by atoms with van der Waals surface area (Å²) in [5.41, 5.74) is 0.466. The number of hydrogen-bond donors (Lipinski definition) is 0. The fraction of sp³-hybridized carbons (Fsp3) is 0.480. The molecule has 2 aliphatic rings. The van der Waals surface area contributed by atoms with Gasteiger partial charge in [0, 0.05) is 11.4 Å². The second kappa shape index (κ2) is 8.60. The first-order valence-electron chi connectivity index (χ1n) is 11.2. The number of fused-ring (bicyclic) bond motifs is 2. The Morgan fingerprint density at radius 2 is 1.85 bits per heavy atom. The monoisotopic (exact) mass is 491 g/mol.